The smallest absolute Gasteiger partial charge is 0.338 e. The molecule has 0 bridgehead atoms. The van der Waals surface area contributed by atoms with Crippen LogP contribution in [0.25, 0.3) is 10.2 Å². The molecule has 21 heavy (non-hydrogen) atoms. The van der Waals surface area contributed by atoms with Gasteiger partial charge in [-0.1, -0.05) is 0 Å². The van der Waals surface area contributed by atoms with Crippen molar-refractivity contribution < 1.29 is 14.3 Å². The van der Waals surface area contributed by atoms with Gasteiger partial charge in [0.25, 0.3) is 0 Å². The first-order valence-electron chi connectivity index (χ1n) is 6.41. The quantitative estimate of drug-likeness (QED) is 0.688. The van der Waals surface area contributed by atoms with Crippen molar-refractivity contribution in [2.45, 2.75) is 6.92 Å². The first-order chi connectivity index (χ1) is 10.3. The van der Waals surface area contributed by atoms with Crippen molar-refractivity contribution >= 4 is 27.5 Å². The minimum Gasteiger partial charge on any atom is -0.462 e. The summed E-state index contributed by atoms with van der Waals surface area (Å²) < 4.78 is 10.7. The minimum absolute atomic E-state index is 0.341. The van der Waals surface area contributed by atoms with E-state index in [9.17, 15) is 4.79 Å². The highest BCUT2D eigenvalue weighted by Gasteiger charge is 2.09. The molecule has 3 rings (SSSR count). The molecule has 0 atom stereocenters. The molecule has 0 aliphatic carbocycles. The van der Waals surface area contributed by atoms with Gasteiger partial charge in [-0.2, -0.15) is 0 Å². The average molecular weight is 300 g/mol. The molecule has 0 fully saturated rings. The number of rotatable bonds is 4. The van der Waals surface area contributed by atoms with Gasteiger partial charge in [0.05, 0.1) is 17.6 Å². The summed E-state index contributed by atoms with van der Waals surface area (Å²) in [6, 6.07) is 8.68. The van der Waals surface area contributed by atoms with Gasteiger partial charge in [-0.15, -0.1) is 11.3 Å². The number of nitrogens with zero attached hydrogens (tertiary/aromatic N) is 2. The Bertz CT molecular complexity index is 768. The Hall–Kier alpha value is -2.47. The van der Waals surface area contributed by atoms with Crippen molar-refractivity contribution in [2.75, 3.05) is 6.61 Å². The summed E-state index contributed by atoms with van der Waals surface area (Å²) in [7, 11) is 0. The number of esters is 1. The number of fused-ring (bicyclic) bond motifs is 1. The zero-order chi connectivity index (χ0) is 14.7. The molecular weight excluding hydrogens is 288 g/mol. The van der Waals surface area contributed by atoms with Gasteiger partial charge in [0, 0.05) is 0 Å². The highest BCUT2D eigenvalue weighted by molar-refractivity contribution is 7.16. The van der Waals surface area contributed by atoms with E-state index in [1.807, 2.05) is 11.4 Å². The molecule has 0 spiro atoms. The SMILES string of the molecule is CCOC(=O)c1ccc(Oc2ncnc3sccc23)cc1. The highest BCUT2D eigenvalue weighted by Crippen LogP contribution is 2.29. The third-order valence-electron chi connectivity index (χ3n) is 2.81. The molecule has 1 aromatic carbocycles. The van der Waals surface area contributed by atoms with E-state index in [1.165, 1.54) is 17.7 Å². The molecule has 0 radical (unpaired) electrons. The van der Waals surface area contributed by atoms with Crippen LogP contribution in [0.3, 0.4) is 0 Å². The molecule has 2 aromatic heterocycles. The normalized spacial score (nSPS) is 10.5. The summed E-state index contributed by atoms with van der Waals surface area (Å²) in [6.45, 7) is 2.13. The van der Waals surface area contributed by atoms with Crippen LogP contribution in [0.4, 0.5) is 0 Å². The fourth-order valence-corrected chi connectivity index (χ4v) is 2.56. The Morgan fingerprint density at radius 2 is 2.00 bits per heavy atom. The maximum Gasteiger partial charge on any atom is 0.338 e. The van der Waals surface area contributed by atoms with E-state index in [0.717, 1.165) is 10.2 Å². The Kier molecular flexibility index (Phi) is 3.79. The van der Waals surface area contributed by atoms with E-state index >= 15 is 0 Å². The second-order valence-corrected chi connectivity index (χ2v) is 5.06. The molecule has 5 nitrogen and oxygen atoms in total. The van der Waals surface area contributed by atoms with Gasteiger partial charge in [-0.05, 0) is 42.6 Å². The van der Waals surface area contributed by atoms with Crippen LogP contribution in [-0.2, 0) is 4.74 Å². The molecule has 3 aromatic rings. The Labute approximate surface area is 125 Å². The molecule has 0 saturated heterocycles. The molecule has 0 aliphatic heterocycles. The Morgan fingerprint density at radius 3 is 2.76 bits per heavy atom. The van der Waals surface area contributed by atoms with Crippen LogP contribution in [0.2, 0.25) is 0 Å². The number of carbonyl (C=O) groups is 1. The van der Waals surface area contributed by atoms with Gasteiger partial charge in [0.15, 0.2) is 0 Å². The molecule has 0 saturated carbocycles. The van der Waals surface area contributed by atoms with Crippen molar-refractivity contribution in [1.82, 2.24) is 9.97 Å². The summed E-state index contributed by atoms with van der Waals surface area (Å²) in [6.07, 6.45) is 1.47. The minimum atomic E-state index is -0.341. The lowest BCUT2D eigenvalue weighted by Crippen LogP contribution is -2.04. The lowest BCUT2D eigenvalue weighted by Gasteiger charge is -2.06. The molecular formula is C15H12N2O3S. The van der Waals surface area contributed by atoms with Crippen LogP contribution in [-0.4, -0.2) is 22.5 Å². The number of thiophene rings is 1. The topological polar surface area (TPSA) is 61.3 Å². The van der Waals surface area contributed by atoms with E-state index in [2.05, 4.69) is 9.97 Å². The van der Waals surface area contributed by atoms with Gasteiger partial charge in [0.2, 0.25) is 5.88 Å². The zero-order valence-corrected chi connectivity index (χ0v) is 12.1. The van der Waals surface area contributed by atoms with Crippen LogP contribution < -0.4 is 4.74 Å². The summed E-state index contributed by atoms with van der Waals surface area (Å²) in [4.78, 5) is 20.8. The number of aromatic nitrogens is 2. The molecule has 0 unspecified atom stereocenters. The van der Waals surface area contributed by atoms with E-state index in [0.29, 0.717) is 23.8 Å². The van der Waals surface area contributed by atoms with Crippen LogP contribution in [0, 0.1) is 0 Å². The predicted molar refractivity (Wildman–Crippen MR) is 79.9 cm³/mol. The standard InChI is InChI=1S/C15H12N2O3S/c1-2-19-15(18)10-3-5-11(6-4-10)20-13-12-7-8-21-14(12)17-9-16-13/h3-9H,2H2,1H3. The van der Waals surface area contributed by atoms with Gasteiger partial charge >= 0.3 is 5.97 Å². The summed E-state index contributed by atoms with van der Waals surface area (Å²) in [5.41, 5.74) is 0.493. The Balaban J connectivity index is 1.82. The number of carbonyl (C=O) groups excluding carboxylic acids is 1. The Morgan fingerprint density at radius 1 is 1.19 bits per heavy atom. The van der Waals surface area contributed by atoms with Crippen molar-refractivity contribution in [3.05, 3.63) is 47.6 Å². The average Bonchev–Trinajstić information content (AvgIpc) is 2.98. The maximum absolute atomic E-state index is 11.6. The molecule has 2 heterocycles. The van der Waals surface area contributed by atoms with Gasteiger partial charge in [-0.25, -0.2) is 14.8 Å². The first kappa shape index (κ1) is 13.5. The second-order valence-electron chi connectivity index (χ2n) is 4.17. The summed E-state index contributed by atoms with van der Waals surface area (Å²) in [5.74, 6) is 0.769. The molecule has 106 valence electrons. The van der Waals surface area contributed by atoms with Gasteiger partial charge in [-0.3, -0.25) is 0 Å². The van der Waals surface area contributed by atoms with Crippen molar-refractivity contribution in [2.24, 2.45) is 0 Å². The van der Waals surface area contributed by atoms with Gasteiger partial charge in [0.1, 0.15) is 16.9 Å². The van der Waals surface area contributed by atoms with Crippen molar-refractivity contribution in [3.8, 4) is 11.6 Å². The largest absolute Gasteiger partial charge is 0.462 e. The maximum atomic E-state index is 11.6. The summed E-state index contributed by atoms with van der Waals surface area (Å²) >= 11 is 1.53. The molecule has 6 heteroatoms. The fraction of sp³-hybridized carbons (Fsp3) is 0.133. The van der Waals surface area contributed by atoms with Crippen LogP contribution in [0.1, 0.15) is 17.3 Å². The highest BCUT2D eigenvalue weighted by atomic mass is 32.1. The molecule has 0 N–H and O–H groups in total. The molecule has 0 aliphatic rings. The first-order valence-corrected chi connectivity index (χ1v) is 7.29. The third-order valence-corrected chi connectivity index (χ3v) is 3.63. The molecule has 0 amide bonds. The number of hydrogen-bond acceptors (Lipinski definition) is 6. The lowest BCUT2D eigenvalue weighted by molar-refractivity contribution is 0.0526. The van der Waals surface area contributed by atoms with Crippen molar-refractivity contribution in [1.29, 1.82) is 0 Å². The van der Waals surface area contributed by atoms with E-state index in [-0.39, 0.29) is 5.97 Å². The van der Waals surface area contributed by atoms with Crippen LogP contribution in [0.5, 0.6) is 11.6 Å². The van der Waals surface area contributed by atoms with Crippen molar-refractivity contribution in [3.63, 3.8) is 0 Å². The summed E-state index contributed by atoms with van der Waals surface area (Å²) in [5, 5.41) is 2.81. The third kappa shape index (κ3) is 2.85. The zero-order valence-electron chi connectivity index (χ0n) is 11.3. The van der Waals surface area contributed by atoms with Crippen LogP contribution >= 0.6 is 11.3 Å². The van der Waals surface area contributed by atoms with Crippen LogP contribution in [0.15, 0.2) is 42.0 Å². The predicted octanol–water partition coefficient (Wildman–Crippen LogP) is 3.66. The fourth-order valence-electron chi connectivity index (χ4n) is 1.83. The number of benzene rings is 1. The van der Waals surface area contributed by atoms with Gasteiger partial charge < -0.3 is 9.47 Å². The van der Waals surface area contributed by atoms with E-state index < -0.39 is 0 Å². The van der Waals surface area contributed by atoms with E-state index in [1.54, 1.807) is 31.2 Å². The number of ether oxygens (including phenoxy) is 2. The monoisotopic (exact) mass is 300 g/mol. The lowest BCUT2D eigenvalue weighted by atomic mass is 10.2. The van der Waals surface area contributed by atoms with E-state index in [4.69, 9.17) is 9.47 Å². The number of hydrogen-bond donors (Lipinski definition) is 0. The second kappa shape index (κ2) is 5.88.